The van der Waals surface area contributed by atoms with E-state index in [0.717, 1.165) is 10.6 Å². The summed E-state index contributed by atoms with van der Waals surface area (Å²) in [6.45, 7) is 3.32. The van der Waals surface area contributed by atoms with Crippen LogP contribution in [0.15, 0.2) is 24.4 Å². The van der Waals surface area contributed by atoms with Gasteiger partial charge in [-0.2, -0.15) is 0 Å². The van der Waals surface area contributed by atoms with E-state index >= 15 is 0 Å². The summed E-state index contributed by atoms with van der Waals surface area (Å²) in [6.07, 6.45) is 1.72. The molecular formula is C13H15ClFN3OS. The quantitative estimate of drug-likeness (QED) is 0.925. The van der Waals surface area contributed by atoms with Gasteiger partial charge in [-0.05, 0) is 19.1 Å². The SMILES string of the molecule is CC1CN(Cc2cnc(N)s2)c2cccc(F)c2O1.Cl. The van der Waals surface area contributed by atoms with Gasteiger partial charge in [0, 0.05) is 11.1 Å². The number of ether oxygens (including phenoxy) is 1. The Balaban J connectivity index is 0.00000147. The number of fused-ring (bicyclic) bond motifs is 1. The van der Waals surface area contributed by atoms with Crippen molar-refractivity contribution in [1.82, 2.24) is 4.98 Å². The molecular weight excluding hydrogens is 301 g/mol. The van der Waals surface area contributed by atoms with E-state index in [1.165, 1.54) is 17.4 Å². The lowest BCUT2D eigenvalue weighted by Gasteiger charge is -2.34. The van der Waals surface area contributed by atoms with Gasteiger partial charge in [0.05, 0.1) is 18.8 Å². The van der Waals surface area contributed by atoms with E-state index in [1.54, 1.807) is 12.3 Å². The van der Waals surface area contributed by atoms with Crippen molar-refractivity contribution in [3.63, 3.8) is 0 Å². The molecule has 0 aliphatic carbocycles. The maximum atomic E-state index is 13.8. The van der Waals surface area contributed by atoms with E-state index in [0.29, 0.717) is 24.0 Å². The summed E-state index contributed by atoms with van der Waals surface area (Å²) < 4.78 is 19.4. The number of nitrogens with zero attached hydrogens (tertiary/aromatic N) is 2. The Hall–Kier alpha value is -1.53. The van der Waals surface area contributed by atoms with Crippen molar-refractivity contribution in [2.45, 2.75) is 19.6 Å². The highest BCUT2D eigenvalue weighted by molar-refractivity contribution is 7.15. The largest absolute Gasteiger partial charge is 0.484 e. The van der Waals surface area contributed by atoms with Gasteiger partial charge in [0.15, 0.2) is 16.7 Å². The molecule has 1 aliphatic heterocycles. The lowest BCUT2D eigenvalue weighted by Crippen LogP contribution is -2.38. The van der Waals surface area contributed by atoms with Crippen LogP contribution < -0.4 is 15.4 Å². The molecule has 0 radical (unpaired) electrons. The van der Waals surface area contributed by atoms with E-state index in [-0.39, 0.29) is 24.3 Å². The second-order valence-corrected chi connectivity index (χ2v) is 5.71. The third-order valence-electron chi connectivity index (χ3n) is 3.00. The van der Waals surface area contributed by atoms with Gasteiger partial charge in [-0.3, -0.25) is 0 Å². The van der Waals surface area contributed by atoms with Crippen molar-refractivity contribution < 1.29 is 9.13 Å². The predicted octanol–water partition coefficient (Wildman–Crippen LogP) is 3.07. The first-order valence-corrected chi connectivity index (χ1v) is 6.85. The van der Waals surface area contributed by atoms with Crippen LogP contribution in [0.5, 0.6) is 5.75 Å². The minimum atomic E-state index is -0.321. The Morgan fingerprint density at radius 1 is 1.55 bits per heavy atom. The number of benzene rings is 1. The van der Waals surface area contributed by atoms with Gasteiger partial charge in [-0.25, -0.2) is 9.37 Å². The van der Waals surface area contributed by atoms with Crippen molar-refractivity contribution in [3.8, 4) is 5.75 Å². The molecule has 1 aromatic heterocycles. The minimum Gasteiger partial charge on any atom is -0.484 e. The molecule has 20 heavy (non-hydrogen) atoms. The van der Waals surface area contributed by atoms with Crippen LogP contribution >= 0.6 is 23.7 Å². The fourth-order valence-electron chi connectivity index (χ4n) is 2.24. The van der Waals surface area contributed by atoms with Crippen molar-refractivity contribution >= 4 is 34.6 Å². The van der Waals surface area contributed by atoms with E-state index in [2.05, 4.69) is 9.88 Å². The Kier molecular flexibility index (Phi) is 4.35. The zero-order chi connectivity index (χ0) is 13.4. The fraction of sp³-hybridized carbons (Fsp3) is 0.308. The van der Waals surface area contributed by atoms with Gasteiger partial charge in [0.1, 0.15) is 6.10 Å². The summed E-state index contributed by atoms with van der Waals surface area (Å²) in [5, 5.41) is 0.552. The van der Waals surface area contributed by atoms with Gasteiger partial charge in [-0.1, -0.05) is 6.07 Å². The number of nitrogen functional groups attached to an aromatic ring is 1. The van der Waals surface area contributed by atoms with E-state index < -0.39 is 0 Å². The van der Waals surface area contributed by atoms with E-state index in [1.807, 2.05) is 13.0 Å². The number of hydrogen-bond acceptors (Lipinski definition) is 5. The van der Waals surface area contributed by atoms with Gasteiger partial charge >= 0.3 is 0 Å². The zero-order valence-electron chi connectivity index (χ0n) is 10.9. The number of thiazole rings is 1. The molecule has 2 aromatic rings. The zero-order valence-corrected chi connectivity index (χ0v) is 12.5. The average Bonchev–Trinajstić information content (AvgIpc) is 2.76. The Morgan fingerprint density at radius 3 is 3.05 bits per heavy atom. The topological polar surface area (TPSA) is 51.4 Å². The summed E-state index contributed by atoms with van der Waals surface area (Å²) in [4.78, 5) is 7.19. The molecule has 108 valence electrons. The summed E-state index contributed by atoms with van der Waals surface area (Å²) in [5.41, 5.74) is 6.42. The molecule has 7 heteroatoms. The van der Waals surface area contributed by atoms with Crippen molar-refractivity contribution in [2.75, 3.05) is 17.2 Å². The highest BCUT2D eigenvalue weighted by Crippen LogP contribution is 2.36. The first-order valence-electron chi connectivity index (χ1n) is 6.04. The van der Waals surface area contributed by atoms with Crippen LogP contribution in [0, 0.1) is 5.82 Å². The number of anilines is 2. The molecule has 0 fully saturated rings. The lowest BCUT2D eigenvalue weighted by molar-refractivity contribution is 0.202. The van der Waals surface area contributed by atoms with Gasteiger partial charge in [0.2, 0.25) is 0 Å². The highest BCUT2D eigenvalue weighted by Gasteiger charge is 2.25. The van der Waals surface area contributed by atoms with Crippen LogP contribution in [0.25, 0.3) is 0 Å². The smallest absolute Gasteiger partial charge is 0.180 e. The molecule has 3 rings (SSSR count). The van der Waals surface area contributed by atoms with Crippen molar-refractivity contribution in [2.24, 2.45) is 0 Å². The number of para-hydroxylation sites is 1. The number of halogens is 2. The molecule has 2 N–H and O–H groups in total. The molecule has 2 heterocycles. The molecule has 1 aliphatic rings. The normalized spacial score (nSPS) is 17.1. The Labute approximate surface area is 126 Å². The Morgan fingerprint density at radius 2 is 2.35 bits per heavy atom. The molecule has 0 bridgehead atoms. The van der Waals surface area contributed by atoms with Crippen LogP contribution in [-0.2, 0) is 6.54 Å². The van der Waals surface area contributed by atoms with Crippen LogP contribution in [0.2, 0.25) is 0 Å². The highest BCUT2D eigenvalue weighted by atomic mass is 35.5. The molecule has 1 unspecified atom stereocenters. The van der Waals surface area contributed by atoms with Crippen LogP contribution in [0.4, 0.5) is 15.2 Å². The fourth-order valence-corrected chi connectivity index (χ4v) is 2.94. The van der Waals surface area contributed by atoms with E-state index in [4.69, 9.17) is 10.5 Å². The maximum absolute atomic E-state index is 13.8. The summed E-state index contributed by atoms with van der Waals surface area (Å²) in [6, 6.07) is 4.98. The number of nitrogens with two attached hydrogens (primary N) is 1. The van der Waals surface area contributed by atoms with Crippen LogP contribution in [0.1, 0.15) is 11.8 Å². The average molecular weight is 316 g/mol. The second-order valence-electron chi connectivity index (χ2n) is 4.56. The standard InChI is InChI=1S/C13H14FN3OS.ClH/c1-8-6-17(7-9-5-16-13(15)19-9)11-4-2-3-10(14)12(11)18-8;/h2-5,8H,6-7H2,1H3,(H2,15,16);1H. The second kappa shape index (κ2) is 5.85. The molecule has 4 nitrogen and oxygen atoms in total. The monoisotopic (exact) mass is 315 g/mol. The third kappa shape index (κ3) is 2.81. The first-order chi connectivity index (χ1) is 9.13. The first kappa shape index (κ1) is 14.9. The molecule has 0 saturated heterocycles. The molecule has 0 saturated carbocycles. The van der Waals surface area contributed by atoms with Crippen molar-refractivity contribution in [1.29, 1.82) is 0 Å². The van der Waals surface area contributed by atoms with Crippen molar-refractivity contribution in [3.05, 3.63) is 35.1 Å². The lowest BCUT2D eigenvalue weighted by atomic mass is 10.2. The number of aromatic nitrogens is 1. The minimum absolute atomic E-state index is 0. The molecule has 0 spiro atoms. The predicted molar refractivity (Wildman–Crippen MR) is 81.3 cm³/mol. The third-order valence-corrected chi connectivity index (χ3v) is 3.81. The molecule has 0 amide bonds. The number of rotatable bonds is 2. The van der Waals surface area contributed by atoms with Gasteiger partial charge < -0.3 is 15.4 Å². The summed E-state index contributed by atoms with van der Waals surface area (Å²) >= 11 is 1.45. The molecule has 1 aromatic carbocycles. The summed E-state index contributed by atoms with van der Waals surface area (Å²) in [5.74, 6) is 0.0107. The van der Waals surface area contributed by atoms with Gasteiger partial charge in [0.25, 0.3) is 0 Å². The van der Waals surface area contributed by atoms with Gasteiger partial charge in [-0.15, -0.1) is 23.7 Å². The summed E-state index contributed by atoms with van der Waals surface area (Å²) in [7, 11) is 0. The van der Waals surface area contributed by atoms with Crippen LogP contribution in [0.3, 0.4) is 0 Å². The molecule has 1 atom stereocenters. The van der Waals surface area contributed by atoms with E-state index in [9.17, 15) is 4.39 Å². The Bertz CT molecular complexity index is 607. The maximum Gasteiger partial charge on any atom is 0.180 e. The van der Waals surface area contributed by atoms with Crippen LogP contribution in [-0.4, -0.2) is 17.6 Å². The number of hydrogen-bond donors (Lipinski definition) is 1.